The highest BCUT2D eigenvalue weighted by Crippen LogP contribution is 2.32. The van der Waals surface area contributed by atoms with Crippen molar-refractivity contribution in [1.29, 1.82) is 0 Å². The lowest BCUT2D eigenvalue weighted by Gasteiger charge is -2.29. The fraction of sp³-hybridized carbons (Fsp3) is 0.929. The molecule has 0 spiro atoms. The molecule has 3 rings (SSSR count). The number of amides is 1. The van der Waals surface area contributed by atoms with Gasteiger partial charge in [0.15, 0.2) is 0 Å². The molecule has 5 heteroatoms. The third-order valence-corrected chi connectivity index (χ3v) is 4.57. The van der Waals surface area contributed by atoms with Crippen molar-refractivity contribution in [2.75, 3.05) is 13.2 Å². The summed E-state index contributed by atoms with van der Waals surface area (Å²) in [6, 6.07) is 1.61. The molecule has 19 heavy (non-hydrogen) atoms. The second-order valence-electron chi connectivity index (χ2n) is 6.16. The highest BCUT2D eigenvalue weighted by atomic mass is 35.5. The minimum atomic E-state index is 0. The van der Waals surface area contributed by atoms with Crippen molar-refractivity contribution in [2.45, 2.75) is 63.1 Å². The van der Waals surface area contributed by atoms with E-state index in [1.54, 1.807) is 0 Å². The molecule has 0 aromatic rings. The lowest BCUT2D eigenvalue weighted by Crippen LogP contribution is -2.43. The largest absolute Gasteiger partial charge is 0.379 e. The topological polar surface area (TPSA) is 50.4 Å². The van der Waals surface area contributed by atoms with E-state index in [1.165, 1.54) is 25.7 Å². The summed E-state index contributed by atoms with van der Waals surface area (Å²) in [6.45, 7) is 1.55. The molecule has 110 valence electrons. The van der Waals surface area contributed by atoms with Crippen LogP contribution in [0.4, 0.5) is 0 Å². The van der Waals surface area contributed by atoms with E-state index in [0.717, 1.165) is 19.4 Å². The minimum Gasteiger partial charge on any atom is -0.379 e. The first-order valence-electron chi connectivity index (χ1n) is 7.43. The summed E-state index contributed by atoms with van der Waals surface area (Å²) in [6.07, 6.45) is 7.84. The molecule has 3 saturated heterocycles. The van der Waals surface area contributed by atoms with Crippen LogP contribution in [-0.2, 0) is 9.53 Å². The van der Waals surface area contributed by atoms with Crippen LogP contribution in [-0.4, -0.2) is 37.2 Å². The predicted octanol–water partition coefficient (Wildman–Crippen LogP) is 1.62. The van der Waals surface area contributed by atoms with E-state index in [4.69, 9.17) is 4.74 Å². The van der Waals surface area contributed by atoms with E-state index in [0.29, 0.717) is 31.0 Å². The lowest BCUT2D eigenvalue weighted by atomic mass is 9.89. The number of ether oxygens (including phenoxy) is 1. The number of nitrogens with one attached hydrogen (secondary N) is 2. The molecule has 3 fully saturated rings. The molecule has 4 nitrogen and oxygen atoms in total. The van der Waals surface area contributed by atoms with E-state index < -0.39 is 0 Å². The van der Waals surface area contributed by atoms with Gasteiger partial charge in [-0.1, -0.05) is 0 Å². The van der Waals surface area contributed by atoms with Gasteiger partial charge in [0.25, 0.3) is 0 Å². The van der Waals surface area contributed by atoms with E-state index >= 15 is 0 Å². The summed E-state index contributed by atoms with van der Waals surface area (Å²) in [5, 5.41) is 6.76. The number of carbonyl (C=O) groups excluding carboxylic acids is 1. The molecule has 2 N–H and O–H groups in total. The van der Waals surface area contributed by atoms with Crippen LogP contribution in [0.2, 0.25) is 0 Å². The van der Waals surface area contributed by atoms with Crippen molar-refractivity contribution < 1.29 is 9.53 Å². The maximum Gasteiger partial charge on any atom is 0.220 e. The SMILES string of the molecule is Cl.O=C(CC1CC2CCC(C1)N2)NC1CCCOC1. The van der Waals surface area contributed by atoms with Gasteiger partial charge in [-0.25, -0.2) is 0 Å². The molecule has 3 aliphatic heterocycles. The maximum atomic E-state index is 12.0. The Morgan fingerprint density at radius 1 is 1.21 bits per heavy atom. The average molecular weight is 289 g/mol. The number of hydrogen-bond acceptors (Lipinski definition) is 3. The van der Waals surface area contributed by atoms with Gasteiger partial charge in [-0.15, -0.1) is 12.4 Å². The first-order chi connectivity index (χ1) is 8.79. The van der Waals surface area contributed by atoms with E-state index in [-0.39, 0.29) is 24.4 Å². The quantitative estimate of drug-likeness (QED) is 0.830. The summed E-state index contributed by atoms with van der Waals surface area (Å²) >= 11 is 0. The van der Waals surface area contributed by atoms with Gasteiger partial charge in [-0.05, 0) is 44.4 Å². The van der Waals surface area contributed by atoms with Crippen LogP contribution in [0.3, 0.4) is 0 Å². The van der Waals surface area contributed by atoms with Crippen LogP contribution in [0.25, 0.3) is 0 Å². The normalized spacial score (nSPS) is 37.5. The smallest absolute Gasteiger partial charge is 0.220 e. The fourth-order valence-corrected chi connectivity index (χ4v) is 3.75. The van der Waals surface area contributed by atoms with Crippen LogP contribution in [0.15, 0.2) is 0 Å². The Kier molecular flexibility index (Phi) is 5.48. The lowest BCUT2D eigenvalue weighted by molar-refractivity contribution is -0.123. The number of hydrogen-bond donors (Lipinski definition) is 2. The highest BCUT2D eigenvalue weighted by molar-refractivity contribution is 5.85. The van der Waals surface area contributed by atoms with E-state index in [1.807, 2.05) is 0 Å². The highest BCUT2D eigenvalue weighted by Gasteiger charge is 2.34. The minimum absolute atomic E-state index is 0. The fourth-order valence-electron chi connectivity index (χ4n) is 3.75. The molecular formula is C14H25ClN2O2. The summed E-state index contributed by atoms with van der Waals surface area (Å²) in [7, 11) is 0. The molecular weight excluding hydrogens is 264 g/mol. The number of piperidine rings is 1. The summed E-state index contributed by atoms with van der Waals surface area (Å²) in [5.41, 5.74) is 0. The van der Waals surface area contributed by atoms with Crippen LogP contribution in [0, 0.1) is 5.92 Å². The monoisotopic (exact) mass is 288 g/mol. The van der Waals surface area contributed by atoms with Gasteiger partial charge in [0.2, 0.25) is 5.91 Å². The average Bonchev–Trinajstić information content (AvgIpc) is 2.70. The van der Waals surface area contributed by atoms with Gasteiger partial charge < -0.3 is 15.4 Å². The summed E-state index contributed by atoms with van der Waals surface area (Å²) in [5.74, 6) is 0.824. The zero-order chi connectivity index (χ0) is 12.4. The Morgan fingerprint density at radius 3 is 2.58 bits per heavy atom. The number of carbonyl (C=O) groups is 1. The Balaban J connectivity index is 0.00000133. The van der Waals surface area contributed by atoms with Crippen LogP contribution in [0.5, 0.6) is 0 Å². The molecule has 3 atom stereocenters. The number of halogens is 1. The van der Waals surface area contributed by atoms with Crippen LogP contribution < -0.4 is 10.6 Å². The first kappa shape index (κ1) is 15.1. The van der Waals surface area contributed by atoms with Gasteiger partial charge in [0.05, 0.1) is 12.6 Å². The van der Waals surface area contributed by atoms with Crippen molar-refractivity contribution in [3.05, 3.63) is 0 Å². The third kappa shape index (κ3) is 4.07. The van der Waals surface area contributed by atoms with Gasteiger partial charge in [-0.3, -0.25) is 4.79 Å². The van der Waals surface area contributed by atoms with Gasteiger partial charge in [0.1, 0.15) is 0 Å². The molecule has 1 amide bonds. The molecule has 3 aliphatic rings. The van der Waals surface area contributed by atoms with Gasteiger partial charge in [-0.2, -0.15) is 0 Å². The Hall–Kier alpha value is -0.320. The van der Waals surface area contributed by atoms with Crippen molar-refractivity contribution >= 4 is 18.3 Å². The van der Waals surface area contributed by atoms with E-state index in [2.05, 4.69) is 10.6 Å². The third-order valence-electron chi connectivity index (χ3n) is 4.57. The Morgan fingerprint density at radius 2 is 1.95 bits per heavy atom. The van der Waals surface area contributed by atoms with Gasteiger partial charge in [0, 0.05) is 25.1 Å². The second kappa shape index (κ2) is 6.91. The van der Waals surface area contributed by atoms with Crippen molar-refractivity contribution in [2.24, 2.45) is 5.92 Å². The molecule has 0 aromatic carbocycles. The van der Waals surface area contributed by atoms with Crippen molar-refractivity contribution in [3.63, 3.8) is 0 Å². The van der Waals surface area contributed by atoms with Gasteiger partial charge >= 0.3 is 0 Å². The van der Waals surface area contributed by atoms with Crippen molar-refractivity contribution in [3.8, 4) is 0 Å². The number of fused-ring (bicyclic) bond motifs is 2. The van der Waals surface area contributed by atoms with Crippen LogP contribution in [0.1, 0.15) is 44.9 Å². The molecule has 3 unspecified atom stereocenters. The predicted molar refractivity (Wildman–Crippen MR) is 76.5 cm³/mol. The second-order valence-corrected chi connectivity index (χ2v) is 6.16. The first-order valence-corrected chi connectivity index (χ1v) is 7.43. The zero-order valence-corrected chi connectivity index (χ0v) is 12.2. The van der Waals surface area contributed by atoms with Crippen molar-refractivity contribution in [1.82, 2.24) is 10.6 Å². The molecule has 0 aromatic heterocycles. The molecule has 0 aliphatic carbocycles. The molecule has 3 heterocycles. The zero-order valence-electron chi connectivity index (χ0n) is 11.4. The standard InChI is InChI=1S/C14H24N2O2.ClH/c17-14(16-13-2-1-5-18-9-13)8-10-6-11-3-4-12(7-10)15-11;/h10-13,15H,1-9H2,(H,16,17);1H. The Labute approximate surface area is 121 Å². The maximum absolute atomic E-state index is 12.0. The molecule has 0 saturated carbocycles. The molecule has 0 radical (unpaired) electrons. The summed E-state index contributed by atoms with van der Waals surface area (Å²) < 4.78 is 5.39. The number of rotatable bonds is 3. The summed E-state index contributed by atoms with van der Waals surface area (Å²) in [4.78, 5) is 12.0. The Bertz CT molecular complexity index is 296. The molecule has 2 bridgehead atoms. The van der Waals surface area contributed by atoms with E-state index in [9.17, 15) is 4.79 Å². The van der Waals surface area contributed by atoms with Crippen LogP contribution >= 0.6 is 12.4 Å².